The van der Waals surface area contributed by atoms with Gasteiger partial charge in [0.15, 0.2) is 0 Å². The molecule has 0 unspecified atom stereocenters. The molecule has 2 N–H and O–H groups in total. The zero-order valence-corrected chi connectivity index (χ0v) is 9.32. The number of urea groups is 1. The van der Waals surface area contributed by atoms with E-state index in [-0.39, 0.29) is 6.03 Å². The van der Waals surface area contributed by atoms with Crippen molar-refractivity contribution in [2.24, 2.45) is 0 Å². The molecule has 0 aliphatic heterocycles. The minimum absolute atomic E-state index is 0.206. The molecular weight excluding hydrogens is 204 g/mol. The number of nitrogens with one attached hydrogen (secondary N) is 2. The van der Waals surface area contributed by atoms with Crippen molar-refractivity contribution in [2.45, 2.75) is 6.54 Å². The topological polar surface area (TPSA) is 50.4 Å². The van der Waals surface area contributed by atoms with Crippen molar-refractivity contribution in [1.29, 1.82) is 0 Å². The van der Waals surface area contributed by atoms with Crippen LogP contribution in [0, 0.1) is 0 Å². The van der Waals surface area contributed by atoms with E-state index in [9.17, 15) is 4.79 Å². The Balaban J connectivity index is 2.41. The van der Waals surface area contributed by atoms with Crippen LogP contribution in [-0.2, 0) is 6.54 Å². The molecular formula is C12H16N2O2. The van der Waals surface area contributed by atoms with Gasteiger partial charge in [0.25, 0.3) is 0 Å². The Morgan fingerprint density at radius 3 is 3.00 bits per heavy atom. The number of rotatable bonds is 5. The zero-order chi connectivity index (χ0) is 11.8. The number of carbonyl (C=O) groups is 1. The van der Waals surface area contributed by atoms with E-state index >= 15 is 0 Å². The highest BCUT2D eigenvalue weighted by Gasteiger charge is 1.99. The summed E-state index contributed by atoms with van der Waals surface area (Å²) in [4.78, 5) is 11.2. The van der Waals surface area contributed by atoms with Crippen molar-refractivity contribution in [3.8, 4) is 5.75 Å². The maximum atomic E-state index is 11.2. The van der Waals surface area contributed by atoms with Crippen LogP contribution in [0.4, 0.5) is 4.79 Å². The molecule has 86 valence electrons. The van der Waals surface area contributed by atoms with E-state index in [2.05, 4.69) is 17.2 Å². The first-order chi connectivity index (χ1) is 7.76. The van der Waals surface area contributed by atoms with Crippen LogP contribution in [0.1, 0.15) is 5.56 Å². The highest BCUT2D eigenvalue weighted by Crippen LogP contribution is 2.11. The summed E-state index contributed by atoms with van der Waals surface area (Å²) in [5.74, 6) is 0.783. The van der Waals surface area contributed by atoms with Gasteiger partial charge in [-0.15, -0.1) is 6.58 Å². The molecule has 0 saturated carbocycles. The van der Waals surface area contributed by atoms with Crippen LogP contribution in [0.15, 0.2) is 36.9 Å². The van der Waals surface area contributed by atoms with Crippen LogP contribution in [0.25, 0.3) is 0 Å². The lowest BCUT2D eigenvalue weighted by atomic mass is 10.2. The third kappa shape index (κ3) is 4.04. The van der Waals surface area contributed by atoms with Crippen LogP contribution in [0.3, 0.4) is 0 Å². The van der Waals surface area contributed by atoms with Crippen molar-refractivity contribution in [1.82, 2.24) is 10.6 Å². The molecule has 1 rings (SSSR count). The fourth-order valence-corrected chi connectivity index (χ4v) is 1.19. The highest BCUT2D eigenvalue weighted by molar-refractivity contribution is 5.73. The van der Waals surface area contributed by atoms with E-state index < -0.39 is 0 Å². The molecule has 0 fully saturated rings. The quantitative estimate of drug-likeness (QED) is 0.742. The maximum Gasteiger partial charge on any atom is 0.315 e. The molecule has 2 amide bonds. The normalized spacial score (nSPS) is 9.31. The lowest BCUT2D eigenvalue weighted by Gasteiger charge is -2.07. The standard InChI is InChI=1S/C12H16N2O2/c1-3-7-13-12(15)14-9-10-5-4-6-11(8-10)16-2/h3-6,8H,1,7,9H2,2H3,(H2,13,14,15). The average Bonchev–Trinajstić information content (AvgIpc) is 2.34. The zero-order valence-electron chi connectivity index (χ0n) is 9.32. The van der Waals surface area contributed by atoms with Gasteiger partial charge in [-0.25, -0.2) is 4.79 Å². The second-order valence-corrected chi connectivity index (χ2v) is 3.20. The first-order valence-corrected chi connectivity index (χ1v) is 5.02. The number of carbonyl (C=O) groups excluding carboxylic acids is 1. The molecule has 0 aromatic heterocycles. The van der Waals surface area contributed by atoms with Crippen molar-refractivity contribution >= 4 is 6.03 Å². The van der Waals surface area contributed by atoms with Crippen molar-refractivity contribution in [3.05, 3.63) is 42.5 Å². The summed E-state index contributed by atoms with van der Waals surface area (Å²) < 4.78 is 5.08. The Kier molecular flexibility index (Phi) is 4.92. The monoisotopic (exact) mass is 220 g/mol. The molecule has 4 nitrogen and oxygen atoms in total. The van der Waals surface area contributed by atoms with E-state index in [1.165, 1.54) is 0 Å². The van der Waals surface area contributed by atoms with Crippen molar-refractivity contribution < 1.29 is 9.53 Å². The molecule has 1 aromatic carbocycles. The van der Waals surface area contributed by atoms with Crippen LogP contribution in [-0.4, -0.2) is 19.7 Å². The van der Waals surface area contributed by atoms with Gasteiger partial charge in [-0.2, -0.15) is 0 Å². The summed E-state index contributed by atoms with van der Waals surface area (Å²) in [6.07, 6.45) is 1.63. The van der Waals surface area contributed by atoms with E-state index in [4.69, 9.17) is 4.74 Å². The van der Waals surface area contributed by atoms with Crippen LogP contribution in [0.2, 0.25) is 0 Å². The fourth-order valence-electron chi connectivity index (χ4n) is 1.19. The highest BCUT2D eigenvalue weighted by atomic mass is 16.5. The molecule has 0 heterocycles. The van der Waals surface area contributed by atoms with Gasteiger partial charge >= 0.3 is 6.03 Å². The molecule has 0 saturated heterocycles. The van der Waals surface area contributed by atoms with Gasteiger partial charge in [0, 0.05) is 13.1 Å². The van der Waals surface area contributed by atoms with Gasteiger partial charge in [0.1, 0.15) is 5.75 Å². The third-order valence-electron chi connectivity index (χ3n) is 1.99. The van der Waals surface area contributed by atoms with Crippen LogP contribution < -0.4 is 15.4 Å². The van der Waals surface area contributed by atoms with Gasteiger partial charge < -0.3 is 15.4 Å². The largest absolute Gasteiger partial charge is 0.497 e. The summed E-state index contributed by atoms with van der Waals surface area (Å²) in [5, 5.41) is 5.36. The van der Waals surface area contributed by atoms with Crippen molar-refractivity contribution in [3.63, 3.8) is 0 Å². The Bertz CT molecular complexity index is 364. The Hall–Kier alpha value is -1.97. The molecule has 4 heteroatoms. The van der Waals surface area contributed by atoms with Crippen molar-refractivity contribution in [2.75, 3.05) is 13.7 Å². The molecule has 0 spiro atoms. The number of methoxy groups -OCH3 is 1. The number of ether oxygens (including phenoxy) is 1. The SMILES string of the molecule is C=CCNC(=O)NCc1cccc(OC)c1. The summed E-state index contributed by atoms with van der Waals surface area (Å²) in [6.45, 7) is 4.45. The Morgan fingerprint density at radius 1 is 1.50 bits per heavy atom. The van der Waals surface area contributed by atoms with E-state index in [1.54, 1.807) is 13.2 Å². The van der Waals surface area contributed by atoms with E-state index in [0.717, 1.165) is 11.3 Å². The molecule has 0 radical (unpaired) electrons. The molecule has 1 aromatic rings. The second-order valence-electron chi connectivity index (χ2n) is 3.20. The van der Waals surface area contributed by atoms with Gasteiger partial charge in [0.2, 0.25) is 0 Å². The summed E-state index contributed by atoms with van der Waals surface area (Å²) in [7, 11) is 1.61. The molecule has 0 aliphatic carbocycles. The minimum atomic E-state index is -0.206. The predicted octanol–water partition coefficient (Wildman–Crippen LogP) is 1.68. The van der Waals surface area contributed by atoms with Gasteiger partial charge in [0.05, 0.1) is 7.11 Å². The third-order valence-corrected chi connectivity index (χ3v) is 1.99. The summed E-state index contributed by atoms with van der Waals surface area (Å²) >= 11 is 0. The predicted molar refractivity (Wildman–Crippen MR) is 63.4 cm³/mol. The Labute approximate surface area is 95.3 Å². The van der Waals surface area contributed by atoms with E-state index in [0.29, 0.717) is 13.1 Å². The molecule has 0 atom stereocenters. The average molecular weight is 220 g/mol. The van der Waals surface area contributed by atoms with Gasteiger partial charge in [-0.3, -0.25) is 0 Å². The van der Waals surface area contributed by atoms with Crippen LogP contribution in [0.5, 0.6) is 5.75 Å². The number of benzene rings is 1. The Morgan fingerprint density at radius 2 is 2.31 bits per heavy atom. The number of hydrogen-bond donors (Lipinski definition) is 2. The maximum absolute atomic E-state index is 11.2. The molecule has 0 bridgehead atoms. The summed E-state index contributed by atoms with van der Waals surface area (Å²) in [5.41, 5.74) is 0.994. The fraction of sp³-hybridized carbons (Fsp3) is 0.250. The molecule has 16 heavy (non-hydrogen) atoms. The lowest BCUT2D eigenvalue weighted by molar-refractivity contribution is 0.241. The lowest BCUT2D eigenvalue weighted by Crippen LogP contribution is -2.34. The second kappa shape index (κ2) is 6.50. The number of hydrogen-bond acceptors (Lipinski definition) is 2. The number of amides is 2. The van der Waals surface area contributed by atoms with Gasteiger partial charge in [-0.1, -0.05) is 18.2 Å². The molecule has 0 aliphatic rings. The first kappa shape index (κ1) is 12.1. The van der Waals surface area contributed by atoms with E-state index in [1.807, 2.05) is 24.3 Å². The van der Waals surface area contributed by atoms with Crippen LogP contribution >= 0.6 is 0 Å². The smallest absolute Gasteiger partial charge is 0.315 e. The van der Waals surface area contributed by atoms with Gasteiger partial charge in [-0.05, 0) is 17.7 Å². The minimum Gasteiger partial charge on any atom is -0.497 e. The summed E-state index contributed by atoms with van der Waals surface area (Å²) in [6, 6.07) is 7.35. The first-order valence-electron chi connectivity index (χ1n) is 5.02.